The van der Waals surface area contributed by atoms with Crippen LogP contribution in [0.2, 0.25) is 0 Å². The van der Waals surface area contributed by atoms with Gasteiger partial charge >= 0.3 is 0 Å². The van der Waals surface area contributed by atoms with Crippen LogP contribution in [-0.2, 0) is 4.79 Å². The lowest BCUT2D eigenvalue weighted by Gasteiger charge is -2.28. The van der Waals surface area contributed by atoms with Crippen LogP contribution >= 0.6 is 0 Å². The Morgan fingerprint density at radius 2 is 1.95 bits per heavy atom. The van der Waals surface area contributed by atoms with Gasteiger partial charge in [0, 0.05) is 26.3 Å². The van der Waals surface area contributed by atoms with E-state index in [2.05, 4.69) is 9.89 Å². The SMILES string of the molecule is CN(C)C(=O)C1CCCN1c1ccc(N=C(N)N)cc1. The lowest BCUT2D eigenvalue weighted by molar-refractivity contribution is -0.129. The van der Waals surface area contributed by atoms with Crippen molar-refractivity contribution in [1.82, 2.24) is 4.90 Å². The van der Waals surface area contributed by atoms with Gasteiger partial charge in [0.1, 0.15) is 6.04 Å². The smallest absolute Gasteiger partial charge is 0.244 e. The largest absolute Gasteiger partial charge is 0.370 e. The molecule has 1 aliphatic heterocycles. The Morgan fingerprint density at radius 3 is 2.50 bits per heavy atom. The van der Waals surface area contributed by atoms with Gasteiger partial charge in [0.15, 0.2) is 5.96 Å². The number of hydrogen-bond acceptors (Lipinski definition) is 3. The number of guanidine groups is 1. The summed E-state index contributed by atoms with van der Waals surface area (Å²) in [6.07, 6.45) is 1.92. The molecule has 0 saturated carbocycles. The summed E-state index contributed by atoms with van der Waals surface area (Å²) in [5, 5.41) is 0. The highest BCUT2D eigenvalue weighted by Crippen LogP contribution is 2.28. The van der Waals surface area contributed by atoms with Crippen LogP contribution in [0.5, 0.6) is 0 Å². The Kier molecular flexibility index (Phi) is 4.12. The highest BCUT2D eigenvalue weighted by molar-refractivity contribution is 5.85. The molecular formula is C14H21N5O. The monoisotopic (exact) mass is 275 g/mol. The molecule has 0 aliphatic carbocycles. The van der Waals surface area contributed by atoms with Crippen LogP contribution in [0.1, 0.15) is 12.8 Å². The van der Waals surface area contributed by atoms with Crippen LogP contribution in [0.4, 0.5) is 11.4 Å². The molecule has 20 heavy (non-hydrogen) atoms. The maximum absolute atomic E-state index is 12.2. The van der Waals surface area contributed by atoms with E-state index in [1.807, 2.05) is 24.3 Å². The first-order valence-electron chi connectivity index (χ1n) is 6.66. The zero-order chi connectivity index (χ0) is 14.7. The standard InChI is InChI=1S/C14H21N5O/c1-18(2)13(20)12-4-3-9-19(12)11-7-5-10(6-8-11)17-14(15)16/h5-8,12H,3-4,9H2,1-2H3,(H4,15,16,17). The molecule has 4 N–H and O–H groups in total. The van der Waals surface area contributed by atoms with Crippen molar-refractivity contribution < 1.29 is 4.79 Å². The summed E-state index contributed by atoms with van der Waals surface area (Å²) < 4.78 is 0. The first kappa shape index (κ1) is 14.2. The number of benzene rings is 1. The van der Waals surface area contributed by atoms with Gasteiger partial charge in [-0.15, -0.1) is 0 Å². The molecule has 1 atom stereocenters. The van der Waals surface area contributed by atoms with Gasteiger partial charge in [-0.3, -0.25) is 4.79 Å². The van der Waals surface area contributed by atoms with Gasteiger partial charge in [0.05, 0.1) is 5.69 Å². The molecule has 1 aliphatic rings. The van der Waals surface area contributed by atoms with Gasteiger partial charge < -0.3 is 21.3 Å². The first-order chi connectivity index (χ1) is 9.49. The maximum atomic E-state index is 12.2. The quantitative estimate of drug-likeness (QED) is 0.626. The Labute approximate surface area is 119 Å². The van der Waals surface area contributed by atoms with Gasteiger partial charge in [0.25, 0.3) is 0 Å². The number of nitrogens with two attached hydrogens (primary N) is 2. The Morgan fingerprint density at radius 1 is 1.30 bits per heavy atom. The zero-order valence-corrected chi connectivity index (χ0v) is 11.9. The van der Waals surface area contributed by atoms with E-state index in [1.165, 1.54) is 0 Å². The second-order valence-electron chi connectivity index (χ2n) is 5.14. The van der Waals surface area contributed by atoms with Gasteiger partial charge in [0.2, 0.25) is 5.91 Å². The maximum Gasteiger partial charge on any atom is 0.244 e. The number of carbonyl (C=O) groups is 1. The zero-order valence-electron chi connectivity index (χ0n) is 11.9. The Hall–Kier alpha value is -2.24. The molecule has 1 heterocycles. The lowest BCUT2D eigenvalue weighted by Crippen LogP contribution is -2.42. The molecule has 108 valence electrons. The van der Waals surface area contributed by atoms with Gasteiger partial charge in [-0.05, 0) is 37.1 Å². The molecule has 0 bridgehead atoms. The van der Waals surface area contributed by atoms with Crippen molar-refractivity contribution in [2.24, 2.45) is 16.5 Å². The lowest BCUT2D eigenvalue weighted by atomic mass is 10.2. The molecule has 6 heteroatoms. The first-order valence-corrected chi connectivity index (χ1v) is 6.66. The van der Waals surface area contributed by atoms with Crippen molar-refractivity contribution in [3.63, 3.8) is 0 Å². The minimum atomic E-state index is -0.0704. The van der Waals surface area contributed by atoms with E-state index < -0.39 is 0 Å². The average Bonchev–Trinajstić information content (AvgIpc) is 2.87. The molecule has 0 spiro atoms. The van der Waals surface area contributed by atoms with Crippen LogP contribution in [0.15, 0.2) is 29.3 Å². The molecule has 1 amide bonds. The summed E-state index contributed by atoms with van der Waals surface area (Å²) in [6, 6.07) is 7.53. The highest BCUT2D eigenvalue weighted by atomic mass is 16.2. The Bertz CT molecular complexity index is 505. The number of anilines is 1. The molecular weight excluding hydrogens is 254 g/mol. The third-order valence-corrected chi connectivity index (χ3v) is 3.42. The third kappa shape index (κ3) is 3.01. The van der Waals surface area contributed by atoms with Crippen molar-refractivity contribution in [1.29, 1.82) is 0 Å². The fourth-order valence-corrected chi connectivity index (χ4v) is 2.50. The predicted octanol–water partition coefficient (Wildman–Crippen LogP) is 0.649. The Balaban J connectivity index is 2.18. The number of aliphatic imine (C=N–C) groups is 1. The van der Waals surface area contributed by atoms with Crippen LogP contribution in [0, 0.1) is 0 Å². The van der Waals surface area contributed by atoms with Crippen LogP contribution in [0.25, 0.3) is 0 Å². The number of carbonyl (C=O) groups excluding carboxylic acids is 1. The number of amides is 1. The van der Waals surface area contributed by atoms with Gasteiger partial charge in [-0.2, -0.15) is 0 Å². The minimum absolute atomic E-state index is 0.0413. The van der Waals surface area contributed by atoms with Crippen LogP contribution in [0.3, 0.4) is 0 Å². The van der Waals surface area contributed by atoms with Crippen molar-refractivity contribution >= 4 is 23.2 Å². The van der Waals surface area contributed by atoms with E-state index in [4.69, 9.17) is 11.5 Å². The minimum Gasteiger partial charge on any atom is -0.370 e. The normalized spacial score (nSPS) is 17.9. The van der Waals surface area contributed by atoms with Crippen molar-refractivity contribution in [3.8, 4) is 0 Å². The number of hydrogen-bond donors (Lipinski definition) is 2. The summed E-state index contributed by atoms with van der Waals surface area (Å²) in [5.41, 5.74) is 12.4. The predicted molar refractivity (Wildman–Crippen MR) is 81.0 cm³/mol. The van der Waals surface area contributed by atoms with Gasteiger partial charge in [-0.25, -0.2) is 4.99 Å². The van der Waals surface area contributed by atoms with E-state index in [0.29, 0.717) is 5.69 Å². The molecule has 0 radical (unpaired) electrons. The summed E-state index contributed by atoms with van der Waals surface area (Å²) in [6.45, 7) is 0.895. The average molecular weight is 275 g/mol. The molecule has 1 aromatic rings. The van der Waals surface area contributed by atoms with E-state index in [1.54, 1.807) is 19.0 Å². The fraction of sp³-hybridized carbons (Fsp3) is 0.429. The highest BCUT2D eigenvalue weighted by Gasteiger charge is 2.31. The van der Waals surface area contributed by atoms with E-state index in [-0.39, 0.29) is 17.9 Å². The van der Waals surface area contributed by atoms with E-state index in [0.717, 1.165) is 25.1 Å². The number of nitrogens with zero attached hydrogens (tertiary/aromatic N) is 3. The summed E-state index contributed by atoms with van der Waals surface area (Å²) in [7, 11) is 3.58. The molecule has 6 nitrogen and oxygen atoms in total. The van der Waals surface area contributed by atoms with Crippen molar-refractivity contribution in [2.75, 3.05) is 25.5 Å². The van der Waals surface area contributed by atoms with Crippen LogP contribution in [-0.4, -0.2) is 43.4 Å². The van der Waals surface area contributed by atoms with Crippen molar-refractivity contribution in [3.05, 3.63) is 24.3 Å². The second kappa shape index (κ2) is 5.81. The number of rotatable bonds is 3. The summed E-state index contributed by atoms with van der Waals surface area (Å²) in [5.74, 6) is 0.190. The topological polar surface area (TPSA) is 88.0 Å². The van der Waals surface area contributed by atoms with Crippen LogP contribution < -0.4 is 16.4 Å². The fourth-order valence-electron chi connectivity index (χ4n) is 2.50. The second-order valence-corrected chi connectivity index (χ2v) is 5.14. The summed E-state index contributed by atoms with van der Waals surface area (Å²) in [4.78, 5) is 19.9. The molecule has 1 aromatic carbocycles. The van der Waals surface area contributed by atoms with Crippen molar-refractivity contribution in [2.45, 2.75) is 18.9 Å². The molecule has 1 saturated heterocycles. The van der Waals surface area contributed by atoms with E-state index in [9.17, 15) is 4.79 Å². The molecule has 1 fully saturated rings. The molecule has 2 rings (SSSR count). The molecule has 0 aromatic heterocycles. The van der Waals surface area contributed by atoms with Gasteiger partial charge in [-0.1, -0.05) is 0 Å². The third-order valence-electron chi connectivity index (χ3n) is 3.42. The number of likely N-dealkylation sites (N-methyl/N-ethyl adjacent to an activating group) is 1. The van der Waals surface area contributed by atoms with E-state index >= 15 is 0 Å². The molecule has 1 unspecified atom stereocenters. The summed E-state index contributed by atoms with van der Waals surface area (Å²) >= 11 is 0.